The van der Waals surface area contributed by atoms with Gasteiger partial charge in [0.1, 0.15) is 6.17 Å². The van der Waals surface area contributed by atoms with E-state index in [1.807, 2.05) is 44.3 Å². The van der Waals surface area contributed by atoms with Crippen molar-refractivity contribution < 1.29 is 0 Å². The number of hydrogen-bond donors (Lipinski definition) is 1. The minimum absolute atomic E-state index is 0.0406. The summed E-state index contributed by atoms with van der Waals surface area (Å²) in [7, 11) is 6.00. The van der Waals surface area contributed by atoms with Gasteiger partial charge in [-0.1, -0.05) is 0 Å². The van der Waals surface area contributed by atoms with Gasteiger partial charge in [-0.25, -0.2) is 9.98 Å². The van der Waals surface area contributed by atoms with Crippen molar-refractivity contribution in [1.29, 1.82) is 0 Å². The first-order chi connectivity index (χ1) is 8.95. The molecule has 0 radical (unpaired) electrons. The van der Waals surface area contributed by atoms with Gasteiger partial charge in [-0.3, -0.25) is 5.32 Å². The third-order valence-electron chi connectivity index (χ3n) is 2.82. The van der Waals surface area contributed by atoms with Crippen LogP contribution in [-0.4, -0.2) is 49.0 Å². The predicted octanol–water partition coefficient (Wildman–Crippen LogP) is 1.71. The Morgan fingerprint density at radius 3 is 2.47 bits per heavy atom. The van der Waals surface area contributed by atoms with Gasteiger partial charge in [-0.2, -0.15) is 0 Å². The highest BCUT2D eigenvalue weighted by Gasteiger charge is 2.18. The SMILES string of the molecule is Cc1ccc(CN(C)C2=NC(C)N=C(N(C)C)N2)s1. The van der Waals surface area contributed by atoms with Gasteiger partial charge in [0.05, 0.1) is 6.54 Å². The molecule has 1 aliphatic heterocycles. The van der Waals surface area contributed by atoms with Crippen LogP contribution in [0.4, 0.5) is 0 Å². The molecule has 104 valence electrons. The first-order valence-corrected chi connectivity index (χ1v) is 7.14. The van der Waals surface area contributed by atoms with E-state index in [2.05, 4.69) is 39.3 Å². The zero-order valence-corrected chi connectivity index (χ0v) is 13.0. The van der Waals surface area contributed by atoms with E-state index in [4.69, 9.17) is 0 Å². The molecule has 0 amide bonds. The van der Waals surface area contributed by atoms with Gasteiger partial charge in [-0.05, 0) is 26.0 Å². The topological polar surface area (TPSA) is 43.2 Å². The van der Waals surface area contributed by atoms with E-state index in [1.54, 1.807) is 0 Å². The zero-order valence-electron chi connectivity index (χ0n) is 12.1. The molecule has 0 aliphatic carbocycles. The number of rotatable bonds is 2. The normalized spacial score (nSPS) is 18.5. The number of thiophene rings is 1. The quantitative estimate of drug-likeness (QED) is 0.896. The molecule has 1 aliphatic rings. The smallest absolute Gasteiger partial charge is 0.203 e. The molecule has 0 aromatic carbocycles. The summed E-state index contributed by atoms with van der Waals surface area (Å²) in [6, 6.07) is 4.32. The van der Waals surface area contributed by atoms with Crippen LogP contribution in [0.3, 0.4) is 0 Å². The molecule has 2 heterocycles. The Morgan fingerprint density at radius 1 is 1.21 bits per heavy atom. The van der Waals surface area contributed by atoms with Gasteiger partial charge in [0.2, 0.25) is 11.9 Å². The highest BCUT2D eigenvalue weighted by Crippen LogP contribution is 2.17. The molecular weight excluding hydrogens is 258 g/mol. The van der Waals surface area contributed by atoms with Crippen LogP contribution in [0.2, 0.25) is 0 Å². The Hall–Kier alpha value is -1.56. The standard InChI is InChI=1S/C13H21N5S/c1-9-6-7-11(19-9)8-18(5)13-15-10(2)14-12(16-13)17(3)4/h6-7,10H,8H2,1-5H3,(H,14,15,16). The van der Waals surface area contributed by atoms with Gasteiger partial charge in [-0.15, -0.1) is 11.3 Å². The molecule has 0 saturated carbocycles. The molecule has 5 nitrogen and oxygen atoms in total. The third kappa shape index (κ3) is 3.47. The lowest BCUT2D eigenvalue weighted by Crippen LogP contribution is -2.49. The minimum Gasteiger partial charge on any atom is -0.349 e. The maximum absolute atomic E-state index is 4.54. The molecule has 1 aromatic heterocycles. The first-order valence-electron chi connectivity index (χ1n) is 6.32. The number of hydrogen-bond acceptors (Lipinski definition) is 6. The lowest BCUT2D eigenvalue weighted by Gasteiger charge is -2.29. The fourth-order valence-corrected chi connectivity index (χ4v) is 2.79. The van der Waals surface area contributed by atoms with E-state index >= 15 is 0 Å². The second kappa shape index (κ2) is 5.61. The molecule has 1 unspecified atom stereocenters. The summed E-state index contributed by atoms with van der Waals surface area (Å²) in [5.41, 5.74) is 0. The summed E-state index contributed by atoms with van der Waals surface area (Å²) >= 11 is 1.82. The summed E-state index contributed by atoms with van der Waals surface area (Å²) in [6.45, 7) is 4.98. The van der Waals surface area contributed by atoms with Crippen molar-refractivity contribution in [3.05, 3.63) is 21.9 Å². The Balaban J connectivity index is 2.05. The second-order valence-electron chi connectivity index (χ2n) is 4.93. The highest BCUT2D eigenvalue weighted by molar-refractivity contribution is 7.11. The molecule has 0 bridgehead atoms. The van der Waals surface area contributed by atoms with Crippen molar-refractivity contribution in [3.8, 4) is 0 Å². The van der Waals surface area contributed by atoms with E-state index in [1.165, 1.54) is 9.75 Å². The van der Waals surface area contributed by atoms with Crippen LogP contribution < -0.4 is 5.32 Å². The van der Waals surface area contributed by atoms with Crippen molar-refractivity contribution in [2.45, 2.75) is 26.6 Å². The van der Waals surface area contributed by atoms with Crippen LogP contribution in [0.15, 0.2) is 22.1 Å². The van der Waals surface area contributed by atoms with Gasteiger partial charge in [0, 0.05) is 30.9 Å². The highest BCUT2D eigenvalue weighted by atomic mass is 32.1. The third-order valence-corrected chi connectivity index (χ3v) is 3.80. The van der Waals surface area contributed by atoms with Crippen LogP contribution >= 0.6 is 11.3 Å². The predicted molar refractivity (Wildman–Crippen MR) is 81.7 cm³/mol. The van der Waals surface area contributed by atoms with Crippen molar-refractivity contribution in [2.75, 3.05) is 21.1 Å². The first kappa shape index (κ1) is 13.9. The maximum atomic E-state index is 4.54. The lowest BCUT2D eigenvalue weighted by molar-refractivity contribution is 0.473. The summed E-state index contributed by atoms with van der Waals surface area (Å²) in [6.07, 6.45) is -0.0406. The summed E-state index contributed by atoms with van der Waals surface area (Å²) in [5.74, 6) is 1.73. The minimum atomic E-state index is -0.0406. The number of guanidine groups is 2. The largest absolute Gasteiger partial charge is 0.349 e. The van der Waals surface area contributed by atoms with Crippen LogP contribution in [0.5, 0.6) is 0 Å². The van der Waals surface area contributed by atoms with Crippen molar-refractivity contribution in [3.63, 3.8) is 0 Å². The molecule has 6 heteroatoms. The van der Waals surface area contributed by atoms with Crippen LogP contribution in [0.1, 0.15) is 16.7 Å². The fourth-order valence-electron chi connectivity index (χ4n) is 1.85. The van der Waals surface area contributed by atoms with Gasteiger partial charge in [0.15, 0.2) is 0 Å². The number of nitrogens with zero attached hydrogens (tertiary/aromatic N) is 4. The molecule has 0 spiro atoms. The lowest BCUT2D eigenvalue weighted by atomic mass is 10.4. The molecule has 1 atom stereocenters. The van der Waals surface area contributed by atoms with E-state index in [0.29, 0.717) is 0 Å². The molecule has 0 fully saturated rings. The van der Waals surface area contributed by atoms with Crippen LogP contribution in [0, 0.1) is 6.92 Å². The van der Waals surface area contributed by atoms with Gasteiger partial charge in [0.25, 0.3) is 0 Å². The fraction of sp³-hybridized carbons (Fsp3) is 0.538. The Labute approximate surface area is 118 Å². The van der Waals surface area contributed by atoms with Crippen LogP contribution in [-0.2, 0) is 6.54 Å². The average molecular weight is 279 g/mol. The molecule has 0 saturated heterocycles. The van der Waals surface area contributed by atoms with E-state index in [9.17, 15) is 0 Å². The van der Waals surface area contributed by atoms with Crippen LogP contribution in [0.25, 0.3) is 0 Å². The Kier molecular flexibility index (Phi) is 4.09. The van der Waals surface area contributed by atoms with E-state index in [-0.39, 0.29) is 6.17 Å². The molecular formula is C13H21N5S. The second-order valence-corrected chi connectivity index (χ2v) is 6.30. The summed E-state index contributed by atoms with van der Waals surface area (Å²) in [4.78, 5) is 15.8. The van der Waals surface area contributed by atoms with Crippen molar-refractivity contribution in [2.24, 2.45) is 9.98 Å². The number of aliphatic imine (C=N–C) groups is 2. The monoisotopic (exact) mass is 279 g/mol. The van der Waals surface area contributed by atoms with Crippen molar-refractivity contribution >= 4 is 23.3 Å². The zero-order chi connectivity index (χ0) is 14.0. The number of aryl methyl sites for hydroxylation is 1. The Bertz CT molecular complexity index is 503. The molecule has 19 heavy (non-hydrogen) atoms. The summed E-state index contributed by atoms with van der Waals surface area (Å²) in [5, 5.41) is 3.27. The summed E-state index contributed by atoms with van der Waals surface area (Å²) < 4.78 is 0. The van der Waals surface area contributed by atoms with E-state index in [0.717, 1.165) is 18.5 Å². The van der Waals surface area contributed by atoms with Gasteiger partial charge < -0.3 is 9.80 Å². The average Bonchev–Trinajstić information content (AvgIpc) is 2.73. The molecule has 2 rings (SSSR count). The maximum Gasteiger partial charge on any atom is 0.203 e. The van der Waals surface area contributed by atoms with Crippen molar-refractivity contribution in [1.82, 2.24) is 15.1 Å². The van der Waals surface area contributed by atoms with Gasteiger partial charge >= 0.3 is 0 Å². The number of nitrogens with one attached hydrogen (secondary N) is 1. The Morgan fingerprint density at radius 2 is 1.89 bits per heavy atom. The molecule has 1 aromatic rings. The van der Waals surface area contributed by atoms with E-state index < -0.39 is 0 Å². The molecule has 1 N–H and O–H groups in total.